The number of carbonyl (C=O) groups is 1. The first-order valence-electron chi connectivity index (χ1n) is 6.18. The molecule has 3 heteroatoms. The summed E-state index contributed by atoms with van der Waals surface area (Å²) in [6.45, 7) is 7.84. The van der Waals surface area contributed by atoms with Crippen LogP contribution >= 0.6 is 0 Å². The van der Waals surface area contributed by atoms with E-state index in [1.807, 2.05) is 44.2 Å². The Bertz CT molecular complexity index is 380. The van der Waals surface area contributed by atoms with Crippen molar-refractivity contribution in [2.45, 2.75) is 19.4 Å². The van der Waals surface area contributed by atoms with Crippen LogP contribution in [-0.2, 0) is 0 Å². The highest BCUT2D eigenvalue weighted by molar-refractivity contribution is 6.02. The Morgan fingerprint density at radius 1 is 1.18 bits per heavy atom. The maximum Gasteiger partial charge on any atom is 0.182 e. The van der Waals surface area contributed by atoms with Crippen molar-refractivity contribution in [3.8, 4) is 0 Å². The Morgan fingerprint density at radius 3 is 2.35 bits per heavy atom. The zero-order valence-corrected chi connectivity index (χ0v) is 10.6. The van der Waals surface area contributed by atoms with Crippen molar-refractivity contribution in [3.63, 3.8) is 0 Å². The molecule has 0 aliphatic carbocycles. The van der Waals surface area contributed by atoms with Gasteiger partial charge in [-0.3, -0.25) is 9.69 Å². The summed E-state index contributed by atoms with van der Waals surface area (Å²) >= 11 is 0. The van der Waals surface area contributed by atoms with Gasteiger partial charge in [-0.1, -0.05) is 30.3 Å². The fraction of sp³-hybridized carbons (Fsp3) is 0.500. The lowest BCUT2D eigenvalue weighted by Gasteiger charge is -2.40. The molecule has 1 aromatic rings. The Balaban J connectivity index is 2.17. The molecule has 0 aromatic heterocycles. The average molecular weight is 232 g/mol. The predicted octanol–water partition coefficient (Wildman–Crippen LogP) is 1.55. The minimum atomic E-state index is -0.413. The topological polar surface area (TPSA) is 32.3 Å². The number of ketones is 1. The molecule has 2 rings (SSSR count). The van der Waals surface area contributed by atoms with Crippen LogP contribution in [0.2, 0.25) is 0 Å². The molecule has 1 N–H and O–H groups in total. The van der Waals surface area contributed by atoms with Crippen molar-refractivity contribution in [1.29, 1.82) is 0 Å². The van der Waals surface area contributed by atoms with Crippen LogP contribution < -0.4 is 5.32 Å². The molecule has 0 unspecified atom stereocenters. The van der Waals surface area contributed by atoms with Crippen molar-refractivity contribution < 1.29 is 4.79 Å². The van der Waals surface area contributed by atoms with Crippen LogP contribution in [0.4, 0.5) is 0 Å². The van der Waals surface area contributed by atoms with Gasteiger partial charge in [-0.05, 0) is 13.8 Å². The van der Waals surface area contributed by atoms with Crippen LogP contribution in [0.15, 0.2) is 30.3 Å². The molecule has 1 aliphatic rings. The lowest BCUT2D eigenvalue weighted by molar-refractivity contribution is 0.0602. The van der Waals surface area contributed by atoms with E-state index >= 15 is 0 Å². The molecule has 0 spiro atoms. The average Bonchev–Trinajstić information content (AvgIpc) is 2.40. The van der Waals surface area contributed by atoms with E-state index in [9.17, 15) is 4.79 Å². The molecule has 0 saturated carbocycles. The molecule has 92 valence electrons. The Labute approximate surface area is 103 Å². The van der Waals surface area contributed by atoms with Gasteiger partial charge in [0, 0.05) is 31.7 Å². The van der Waals surface area contributed by atoms with Crippen LogP contribution in [0.25, 0.3) is 0 Å². The van der Waals surface area contributed by atoms with Crippen molar-refractivity contribution in [3.05, 3.63) is 35.9 Å². The number of piperazine rings is 1. The number of carbonyl (C=O) groups excluding carboxylic acids is 1. The summed E-state index contributed by atoms with van der Waals surface area (Å²) in [5.74, 6) is 0.208. The molecule has 0 amide bonds. The zero-order chi connectivity index (χ0) is 12.3. The molecule has 0 radical (unpaired) electrons. The maximum atomic E-state index is 12.5. The van der Waals surface area contributed by atoms with E-state index in [0.717, 1.165) is 31.7 Å². The van der Waals surface area contributed by atoms with Gasteiger partial charge in [0.05, 0.1) is 5.54 Å². The van der Waals surface area contributed by atoms with Crippen molar-refractivity contribution in [2.75, 3.05) is 26.2 Å². The van der Waals surface area contributed by atoms with Gasteiger partial charge >= 0.3 is 0 Å². The number of hydrogen-bond donors (Lipinski definition) is 1. The van der Waals surface area contributed by atoms with Crippen LogP contribution in [0.3, 0.4) is 0 Å². The summed E-state index contributed by atoms with van der Waals surface area (Å²) in [5.41, 5.74) is 0.389. The molecule has 0 atom stereocenters. The SMILES string of the molecule is CC(C)(C(=O)c1ccccc1)N1CCNCC1. The van der Waals surface area contributed by atoms with Crippen molar-refractivity contribution in [2.24, 2.45) is 0 Å². The van der Waals surface area contributed by atoms with Gasteiger partial charge in [0.1, 0.15) is 0 Å². The number of benzene rings is 1. The zero-order valence-electron chi connectivity index (χ0n) is 10.6. The van der Waals surface area contributed by atoms with Crippen molar-refractivity contribution in [1.82, 2.24) is 10.2 Å². The third-order valence-electron chi connectivity index (χ3n) is 3.50. The van der Waals surface area contributed by atoms with E-state index in [1.165, 1.54) is 0 Å². The van der Waals surface area contributed by atoms with E-state index in [1.54, 1.807) is 0 Å². The highest BCUT2D eigenvalue weighted by atomic mass is 16.1. The summed E-state index contributed by atoms with van der Waals surface area (Å²) in [6.07, 6.45) is 0. The van der Waals surface area contributed by atoms with Gasteiger partial charge in [0.15, 0.2) is 5.78 Å². The van der Waals surface area contributed by atoms with E-state index in [0.29, 0.717) is 0 Å². The second-order valence-corrected chi connectivity index (χ2v) is 4.99. The van der Waals surface area contributed by atoms with Gasteiger partial charge in [0.2, 0.25) is 0 Å². The standard InChI is InChI=1S/C14H20N2O/c1-14(2,16-10-8-15-9-11-16)13(17)12-6-4-3-5-7-12/h3-7,15H,8-11H2,1-2H3. The quantitative estimate of drug-likeness (QED) is 0.803. The molecular weight excluding hydrogens is 212 g/mol. The first-order chi connectivity index (χ1) is 8.12. The molecule has 1 heterocycles. The normalized spacial score (nSPS) is 18.0. The second-order valence-electron chi connectivity index (χ2n) is 4.99. The number of Topliss-reactive ketones (excluding diaryl/α,β-unsaturated/α-hetero) is 1. The number of hydrogen-bond acceptors (Lipinski definition) is 3. The molecule has 1 saturated heterocycles. The number of nitrogens with one attached hydrogen (secondary N) is 1. The first-order valence-corrected chi connectivity index (χ1v) is 6.18. The summed E-state index contributed by atoms with van der Waals surface area (Å²) in [4.78, 5) is 14.8. The van der Waals surface area contributed by atoms with E-state index in [-0.39, 0.29) is 5.78 Å². The van der Waals surface area contributed by atoms with Gasteiger partial charge in [-0.15, -0.1) is 0 Å². The summed E-state index contributed by atoms with van der Waals surface area (Å²) < 4.78 is 0. The fourth-order valence-electron chi connectivity index (χ4n) is 2.31. The van der Waals surface area contributed by atoms with Crippen molar-refractivity contribution >= 4 is 5.78 Å². The molecule has 1 aromatic carbocycles. The van der Waals surface area contributed by atoms with Crippen LogP contribution in [-0.4, -0.2) is 42.4 Å². The maximum absolute atomic E-state index is 12.5. The molecule has 17 heavy (non-hydrogen) atoms. The van der Waals surface area contributed by atoms with Gasteiger partial charge in [-0.2, -0.15) is 0 Å². The molecular formula is C14H20N2O. The summed E-state index contributed by atoms with van der Waals surface area (Å²) in [6, 6.07) is 9.56. The first kappa shape index (κ1) is 12.3. The second kappa shape index (κ2) is 4.98. The lowest BCUT2D eigenvalue weighted by atomic mass is 9.91. The van der Waals surface area contributed by atoms with E-state index in [2.05, 4.69) is 10.2 Å². The largest absolute Gasteiger partial charge is 0.314 e. The van der Waals surface area contributed by atoms with Gasteiger partial charge < -0.3 is 5.32 Å². The minimum absolute atomic E-state index is 0.208. The smallest absolute Gasteiger partial charge is 0.182 e. The molecule has 1 fully saturated rings. The van der Waals surface area contributed by atoms with Crippen LogP contribution in [0, 0.1) is 0 Å². The van der Waals surface area contributed by atoms with Gasteiger partial charge in [0.25, 0.3) is 0 Å². The molecule has 3 nitrogen and oxygen atoms in total. The molecule has 0 bridgehead atoms. The molecule has 1 aliphatic heterocycles. The van der Waals surface area contributed by atoms with E-state index < -0.39 is 5.54 Å². The van der Waals surface area contributed by atoms with Crippen LogP contribution in [0.1, 0.15) is 24.2 Å². The fourth-order valence-corrected chi connectivity index (χ4v) is 2.31. The van der Waals surface area contributed by atoms with Crippen LogP contribution in [0.5, 0.6) is 0 Å². The Kier molecular flexibility index (Phi) is 3.60. The highest BCUT2D eigenvalue weighted by Crippen LogP contribution is 2.20. The Morgan fingerprint density at radius 2 is 1.76 bits per heavy atom. The number of rotatable bonds is 3. The van der Waals surface area contributed by atoms with E-state index in [4.69, 9.17) is 0 Å². The lowest BCUT2D eigenvalue weighted by Crippen LogP contribution is -2.57. The van der Waals surface area contributed by atoms with Gasteiger partial charge in [-0.25, -0.2) is 0 Å². The third-order valence-corrected chi connectivity index (χ3v) is 3.50. The monoisotopic (exact) mass is 232 g/mol. The minimum Gasteiger partial charge on any atom is -0.314 e. The Hall–Kier alpha value is -1.19. The summed E-state index contributed by atoms with van der Waals surface area (Å²) in [7, 11) is 0. The summed E-state index contributed by atoms with van der Waals surface area (Å²) in [5, 5.41) is 3.31. The third kappa shape index (κ3) is 2.56. The predicted molar refractivity (Wildman–Crippen MR) is 69.3 cm³/mol. The number of nitrogens with zero attached hydrogens (tertiary/aromatic N) is 1. The highest BCUT2D eigenvalue weighted by Gasteiger charge is 2.35.